The van der Waals surface area contributed by atoms with Gasteiger partial charge in [-0.3, -0.25) is 0 Å². The van der Waals surface area contributed by atoms with Crippen molar-refractivity contribution in [2.24, 2.45) is 0 Å². The first kappa shape index (κ1) is 5.09. The summed E-state index contributed by atoms with van der Waals surface area (Å²) < 4.78 is 0. The van der Waals surface area contributed by atoms with Gasteiger partial charge >= 0.3 is 0 Å². The molecule has 0 aliphatic rings. The summed E-state index contributed by atoms with van der Waals surface area (Å²) in [4.78, 5) is 0. The lowest BCUT2D eigenvalue weighted by atomic mass is 11.9. The first-order valence-electron chi connectivity index (χ1n) is 1.39. The fraction of sp³-hybridized carbons (Fsp3) is 0.500. The van der Waals surface area contributed by atoms with Crippen molar-refractivity contribution in [1.29, 1.82) is 0 Å². The summed E-state index contributed by atoms with van der Waals surface area (Å²) in [5, 5.41) is 0. The third-order valence-electron chi connectivity index (χ3n) is 0. The highest BCUT2D eigenvalue weighted by Gasteiger charge is 1.60. The summed E-state index contributed by atoms with van der Waals surface area (Å²) in [7, 11) is -0.667. The van der Waals surface area contributed by atoms with Crippen molar-refractivity contribution in [3.63, 3.8) is 0 Å². The molecule has 0 heterocycles. The van der Waals surface area contributed by atoms with Gasteiger partial charge in [-0.2, -0.15) is 0 Å². The molecule has 5 heavy (non-hydrogen) atoms. The van der Waals surface area contributed by atoms with Crippen LogP contribution in [0.4, 0.5) is 0 Å². The molecule has 0 saturated carbocycles. The molecule has 0 atom stereocenters. The molecule has 0 N–H and O–H groups in total. The van der Waals surface area contributed by atoms with Crippen LogP contribution in [0, 0.1) is 0 Å². The predicted molar refractivity (Wildman–Crippen MR) is 33.7 cm³/mol. The van der Waals surface area contributed by atoms with Crippen LogP contribution in [0.3, 0.4) is 0 Å². The summed E-state index contributed by atoms with van der Waals surface area (Å²) in [6.45, 7) is 0. The molecule has 0 amide bonds. The molecule has 0 aliphatic carbocycles. The topological polar surface area (TPSA) is 0 Å². The first-order chi connectivity index (χ1) is 2.00. The Morgan fingerprint density at radius 1 is 1.20 bits per heavy atom. The number of hydrogen-bond donors (Lipinski definition) is 0. The van der Waals surface area contributed by atoms with Crippen molar-refractivity contribution in [3.05, 3.63) is 0 Å². The lowest BCUT2D eigenvalue weighted by Gasteiger charge is -1.87. The highest BCUT2D eigenvalue weighted by molar-refractivity contribution is 8.26. The third kappa shape index (κ3) is 2210. The predicted octanol–water partition coefficient (Wildman–Crippen LogP) is 0.915. The molecule has 0 bridgehead atoms. The van der Waals surface area contributed by atoms with Crippen molar-refractivity contribution in [2.75, 3.05) is 12.5 Å². The van der Waals surface area contributed by atoms with E-state index in [1.807, 2.05) is 12.5 Å². The summed E-state index contributed by atoms with van der Waals surface area (Å²) in [6, 6.07) is 0. The number of hydrogen-bond acceptors (Lipinski definition) is 0. The van der Waals surface area contributed by atoms with Crippen LogP contribution in [0.15, 0.2) is 0 Å². The van der Waals surface area contributed by atoms with Crippen molar-refractivity contribution < 1.29 is 0 Å². The maximum Gasteiger partial charge on any atom is -0.0289 e. The average molecular weight is 90.2 g/mol. The van der Waals surface area contributed by atoms with Crippen LogP contribution in [0.2, 0.25) is 0 Å². The van der Waals surface area contributed by atoms with E-state index in [0.717, 1.165) is 0 Å². The van der Waals surface area contributed by atoms with Crippen LogP contribution in [0.25, 0.3) is 0 Å². The Morgan fingerprint density at radius 2 is 1.20 bits per heavy atom. The van der Waals surface area contributed by atoms with Gasteiger partial charge in [0, 0.05) is 0 Å². The van der Waals surface area contributed by atoms with Crippen LogP contribution in [0.5, 0.6) is 0 Å². The second-order valence-electron chi connectivity index (χ2n) is 1.77. The van der Waals surface area contributed by atoms with Gasteiger partial charge < -0.3 is 0 Å². The third-order valence-corrected chi connectivity index (χ3v) is 0. The van der Waals surface area contributed by atoms with Crippen molar-refractivity contribution in [1.82, 2.24) is 0 Å². The zero-order chi connectivity index (χ0) is 4.50. The van der Waals surface area contributed by atoms with E-state index in [2.05, 4.69) is 11.7 Å². The van der Waals surface area contributed by atoms with Gasteiger partial charge in [-0.15, -0.1) is 0 Å². The Labute approximate surface area is 34.3 Å². The molecule has 32 valence electrons. The quantitative estimate of drug-likeness (QED) is 0.388. The van der Waals surface area contributed by atoms with Gasteiger partial charge in [0.15, 0.2) is 0 Å². The van der Waals surface area contributed by atoms with Crippen molar-refractivity contribution >= 4 is 20.9 Å². The monoisotopic (exact) mass is 90.1 g/mol. The van der Waals surface area contributed by atoms with Gasteiger partial charge in [0.2, 0.25) is 0 Å². The number of rotatable bonds is 0. The molecule has 0 aromatic heterocycles. The molecule has 0 spiro atoms. The largest absolute Gasteiger partial charge is 0.220 e. The molecule has 0 fully saturated rings. The minimum absolute atomic E-state index is 0.667. The summed E-state index contributed by atoms with van der Waals surface area (Å²) in [5.41, 5.74) is 0. The maximum atomic E-state index is 3.74. The second kappa shape index (κ2) is 1.05. The van der Waals surface area contributed by atoms with Gasteiger partial charge in [0.1, 0.15) is 0 Å². The fourth-order valence-electron chi connectivity index (χ4n) is 0. The highest BCUT2D eigenvalue weighted by Crippen LogP contribution is 2.00. The Kier molecular flexibility index (Phi) is 1.07. The van der Waals surface area contributed by atoms with Crippen LogP contribution >= 0.6 is 9.21 Å². The Morgan fingerprint density at radius 3 is 1.20 bits per heavy atom. The average Bonchev–Trinajstić information content (AvgIpc) is 0.722. The molecule has 0 saturated heterocycles. The van der Waals surface area contributed by atoms with E-state index in [4.69, 9.17) is 0 Å². The molecular weight excluding hydrogens is 80.1 g/mol. The molecule has 0 aromatic carbocycles. The Hall–Kier alpha value is 0.0900. The molecule has 0 nitrogen and oxygen atoms in total. The summed E-state index contributed by atoms with van der Waals surface area (Å²) >= 11 is 0. The summed E-state index contributed by atoms with van der Waals surface area (Å²) in [5.74, 6) is 7.49. The normalized spacial score (nSPS) is 11.6. The lowest BCUT2D eigenvalue weighted by Crippen LogP contribution is -1.58. The van der Waals surface area contributed by atoms with E-state index >= 15 is 0 Å². The smallest absolute Gasteiger partial charge is 0.0289 e. The summed E-state index contributed by atoms with van der Waals surface area (Å²) in [6.07, 6.45) is 4.10. The van der Waals surface area contributed by atoms with Gasteiger partial charge in [-0.25, -0.2) is 9.21 Å². The van der Waals surface area contributed by atoms with E-state index < -0.39 is 9.21 Å². The Bertz CT molecular complexity index is 86.8. The van der Waals surface area contributed by atoms with Crippen molar-refractivity contribution in [2.45, 2.75) is 0 Å². The zero-order valence-corrected chi connectivity index (χ0v) is 4.64. The van der Waals surface area contributed by atoms with Crippen LogP contribution in [-0.4, -0.2) is 24.3 Å². The minimum atomic E-state index is -0.667. The van der Waals surface area contributed by atoms with Gasteiger partial charge in [-0.05, 0) is 12.5 Å². The van der Waals surface area contributed by atoms with Crippen LogP contribution in [0.1, 0.15) is 0 Å². The van der Waals surface area contributed by atoms with Gasteiger partial charge in [-0.1, -0.05) is 11.7 Å². The molecule has 0 radical (unpaired) electrons. The zero-order valence-electron chi connectivity index (χ0n) is 3.82. The second-order valence-corrected chi connectivity index (χ2v) is 5.30. The SMILES string of the molecule is C=S(=C)(C)C. The first-order valence-corrected chi connectivity index (χ1v) is 4.18. The standard InChI is InChI=1S/C4H10S/c1-5(2,3)4/h1-2H2,3-4H3. The molecule has 0 aromatic rings. The fourth-order valence-corrected chi connectivity index (χ4v) is 0. The minimum Gasteiger partial charge on any atom is -0.220 e. The van der Waals surface area contributed by atoms with Crippen molar-refractivity contribution in [3.8, 4) is 0 Å². The van der Waals surface area contributed by atoms with E-state index in [0.29, 0.717) is 0 Å². The van der Waals surface area contributed by atoms with E-state index in [1.165, 1.54) is 0 Å². The molecule has 0 unspecified atom stereocenters. The van der Waals surface area contributed by atoms with Gasteiger partial charge in [0.25, 0.3) is 0 Å². The maximum absolute atomic E-state index is 3.74. The van der Waals surface area contributed by atoms with Gasteiger partial charge in [0.05, 0.1) is 0 Å². The molecule has 0 aliphatic heterocycles. The molecule has 1 heteroatoms. The van der Waals surface area contributed by atoms with Crippen LogP contribution < -0.4 is 0 Å². The van der Waals surface area contributed by atoms with E-state index in [1.54, 1.807) is 0 Å². The van der Waals surface area contributed by atoms with E-state index in [-0.39, 0.29) is 0 Å². The highest BCUT2D eigenvalue weighted by atomic mass is 32.2. The van der Waals surface area contributed by atoms with Crippen LogP contribution in [-0.2, 0) is 0 Å². The molecular formula is C4H10S. The Balaban J connectivity index is 4.06. The lowest BCUT2D eigenvalue weighted by molar-refractivity contribution is 2.34. The molecule has 0 rings (SSSR count). The van der Waals surface area contributed by atoms with E-state index in [9.17, 15) is 0 Å².